The van der Waals surface area contributed by atoms with Gasteiger partial charge in [-0.05, 0) is 82.0 Å². The Morgan fingerprint density at radius 3 is 2.38 bits per heavy atom. The predicted octanol–water partition coefficient (Wildman–Crippen LogP) is 3.95. The van der Waals surface area contributed by atoms with Crippen LogP contribution in [-0.4, -0.2) is 73.0 Å². The summed E-state index contributed by atoms with van der Waals surface area (Å²) in [7, 11) is 2.07. The van der Waals surface area contributed by atoms with Crippen molar-refractivity contribution < 1.29 is 23.5 Å². The fourth-order valence-corrected chi connectivity index (χ4v) is 7.97. The van der Waals surface area contributed by atoms with E-state index in [0.29, 0.717) is 50.8 Å². The first kappa shape index (κ1) is 28.1. The van der Waals surface area contributed by atoms with Crippen molar-refractivity contribution in [3.63, 3.8) is 0 Å². The van der Waals surface area contributed by atoms with Crippen molar-refractivity contribution >= 4 is 17.8 Å². The third kappa shape index (κ3) is 5.86. The summed E-state index contributed by atoms with van der Waals surface area (Å²) in [4.78, 5) is 44.7. The number of rotatable bonds is 8. The average molecular weight is 542 g/mol. The first-order chi connectivity index (χ1) is 18.8. The Balaban J connectivity index is 1.30. The molecule has 4 unspecified atom stereocenters. The number of fused-ring (bicyclic) bond motifs is 2. The van der Waals surface area contributed by atoms with Crippen LogP contribution in [0.2, 0.25) is 0 Å². The van der Waals surface area contributed by atoms with Crippen LogP contribution in [-0.2, 0) is 25.5 Å². The molecule has 2 aliphatic heterocycles. The molecule has 1 aromatic carbocycles. The van der Waals surface area contributed by atoms with Gasteiger partial charge in [0.05, 0.1) is 17.9 Å². The molecule has 5 rings (SSSR count). The lowest BCUT2D eigenvalue weighted by Crippen LogP contribution is -2.57. The van der Waals surface area contributed by atoms with Crippen molar-refractivity contribution in [2.24, 2.45) is 23.2 Å². The molecule has 2 amide bonds. The van der Waals surface area contributed by atoms with Gasteiger partial charge in [-0.15, -0.1) is 0 Å². The number of hydrogen-bond acceptors (Lipinski definition) is 5. The maximum Gasteiger partial charge on any atom is 0.312 e. The highest BCUT2D eigenvalue weighted by Gasteiger charge is 2.50. The summed E-state index contributed by atoms with van der Waals surface area (Å²) in [6.07, 6.45) is 8.96. The third-order valence-corrected chi connectivity index (χ3v) is 10.1. The van der Waals surface area contributed by atoms with Crippen molar-refractivity contribution in [1.82, 2.24) is 15.1 Å². The van der Waals surface area contributed by atoms with Gasteiger partial charge >= 0.3 is 5.97 Å². The normalized spacial score (nSPS) is 27.8. The van der Waals surface area contributed by atoms with Gasteiger partial charge < -0.3 is 19.9 Å². The Morgan fingerprint density at radius 1 is 1.08 bits per heavy atom. The van der Waals surface area contributed by atoms with Gasteiger partial charge in [0.15, 0.2) is 0 Å². The lowest BCUT2D eigenvalue weighted by atomic mass is 9.63. The maximum absolute atomic E-state index is 13.9. The van der Waals surface area contributed by atoms with Gasteiger partial charge in [0.2, 0.25) is 11.8 Å². The highest BCUT2D eigenvalue weighted by Crippen LogP contribution is 2.47. The van der Waals surface area contributed by atoms with E-state index in [9.17, 15) is 18.8 Å². The zero-order valence-electron chi connectivity index (χ0n) is 23.5. The van der Waals surface area contributed by atoms with Crippen LogP contribution in [0.1, 0.15) is 70.3 Å². The van der Waals surface area contributed by atoms with E-state index in [1.165, 1.54) is 18.6 Å². The van der Waals surface area contributed by atoms with E-state index in [2.05, 4.69) is 17.3 Å². The molecule has 4 atom stereocenters. The summed E-state index contributed by atoms with van der Waals surface area (Å²) in [5.74, 6) is 0.110. The molecule has 4 fully saturated rings. The van der Waals surface area contributed by atoms with Gasteiger partial charge in [0.25, 0.3) is 0 Å². The third-order valence-electron chi connectivity index (χ3n) is 10.1. The summed E-state index contributed by atoms with van der Waals surface area (Å²) in [5, 5.41) is 3.11. The molecule has 0 aromatic heterocycles. The molecule has 8 heteroatoms. The first-order valence-corrected chi connectivity index (χ1v) is 15.0. The highest BCUT2D eigenvalue weighted by molar-refractivity contribution is 5.89. The number of benzene rings is 1. The summed E-state index contributed by atoms with van der Waals surface area (Å²) in [6, 6.07) is 5.64. The Hall–Kier alpha value is -2.48. The molecule has 2 heterocycles. The highest BCUT2D eigenvalue weighted by atomic mass is 19.1. The van der Waals surface area contributed by atoms with Crippen LogP contribution in [0.15, 0.2) is 24.3 Å². The first-order valence-electron chi connectivity index (χ1n) is 15.0. The Morgan fingerprint density at radius 2 is 1.77 bits per heavy atom. The van der Waals surface area contributed by atoms with Crippen LogP contribution < -0.4 is 5.32 Å². The monoisotopic (exact) mass is 541 g/mol. The molecule has 7 nitrogen and oxygen atoms in total. The second-order valence-electron chi connectivity index (χ2n) is 12.4. The van der Waals surface area contributed by atoms with E-state index in [4.69, 9.17) is 4.74 Å². The molecule has 0 spiro atoms. The molecule has 0 radical (unpaired) electrons. The number of hydrogen-bond donors (Lipinski definition) is 1. The van der Waals surface area contributed by atoms with Gasteiger partial charge in [-0.2, -0.15) is 0 Å². The van der Waals surface area contributed by atoms with Gasteiger partial charge in [-0.25, -0.2) is 4.39 Å². The summed E-state index contributed by atoms with van der Waals surface area (Å²) >= 11 is 0. The van der Waals surface area contributed by atoms with Crippen molar-refractivity contribution in [3.8, 4) is 0 Å². The standard InChI is InChI=1S/C31H44FN3O4/c1-3-39-30(38)31(23-7-5-4-6-8-23)13-15-35(16-14-31)29(37)26(18-21-9-11-24(32)12-10-21)33-28(36)25-17-22-19-27(25)34(2)20-22/h9-12,22-23,25-27H,3-8,13-20H2,1-2H3,(H,33,36). The molecule has 2 saturated carbocycles. The topological polar surface area (TPSA) is 79.0 Å². The Kier molecular flexibility index (Phi) is 8.60. The van der Waals surface area contributed by atoms with Gasteiger partial charge in [-0.1, -0.05) is 31.4 Å². The van der Waals surface area contributed by atoms with E-state index in [0.717, 1.165) is 50.6 Å². The molecule has 2 saturated heterocycles. The average Bonchev–Trinajstić information content (AvgIpc) is 3.54. The van der Waals surface area contributed by atoms with Crippen LogP contribution in [0.5, 0.6) is 0 Å². The molecule has 4 aliphatic rings. The molecule has 1 aromatic rings. The molecule has 1 N–H and O–H groups in total. The van der Waals surface area contributed by atoms with E-state index >= 15 is 0 Å². The molecule has 214 valence electrons. The molecule has 2 aliphatic carbocycles. The number of ether oxygens (including phenoxy) is 1. The number of nitrogens with zero attached hydrogens (tertiary/aromatic N) is 2. The van der Waals surface area contributed by atoms with Gasteiger partial charge in [0.1, 0.15) is 11.9 Å². The SMILES string of the molecule is CCOC(=O)C1(C2CCCCC2)CCN(C(=O)C(Cc2ccc(F)cc2)NC(=O)C2CC3CC2N(C)C3)CC1. The number of carbonyl (C=O) groups is 3. The lowest BCUT2D eigenvalue weighted by Gasteiger charge is -2.46. The van der Waals surface area contributed by atoms with Crippen molar-refractivity contribution in [1.29, 1.82) is 0 Å². The number of nitrogens with one attached hydrogen (secondary N) is 1. The van der Waals surface area contributed by atoms with Gasteiger partial charge in [-0.3, -0.25) is 14.4 Å². The summed E-state index contributed by atoms with van der Waals surface area (Å²) in [5.41, 5.74) is 0.275. The number of piperidine rings is 2. The minimum atomic E-state index is -0.725. The second kappa shape index (κ2) is 11.9. The Labute approximate surface area is 231 Å². The van der Waals surface area contributed by atoms with Crippen LogP contribution in [0.4, 0.5) is 4.39 Å². The van der Waals surface area contributed by atoms with Crippen molar-refractivity contribution in [2.45, 2.75) is 83.2 Å². The number of amides is 2. The number of likely N-dealkylation sites (tertiary alicyclic amines) is 2. The van der Waals surface area contributed by atoms with E-state index in [1.807, 2.05) is 11.8 Å². The second-order valence-corrected chi connectivity index (χ2v) is 12.4. The number of carbonyl (C=O) groups excluding carboxylic acids is 3. The quantitative estimate of drug-likeness (QED) is 0.505. The number of esters is 1. The van der Waals surface area contributed by atoms with Crippen molar-refractivity contribution in [3.05, 3.63) is 35.6 Å². The zero-order chi connectivity index (χ0) is 27.6. The van der Waals surface area contributed by atoms with Gasteiger partial charge in [0, 0.05) is 32.1 Å². The van der Waals surface area contributed by atoms with Crippen LogP contribution in [0, 0.1) is 29.0 Å². The minimum Gasteiger partial charge on any atom is -0.466 e. The smallest absolute Gasteiger partial charge is 0.312 e. The molecular weight excluding hydrogens is 497 g/mol. The van der Waals surface area contributed by atoms with Crippen LogP contribution >= 0.6 is 0 Å². The molecule has 2 bridgehead atoms. The van der Waals surface area contributed by atoms with Crippen LogP contribution in [0.25, 0.3) is 0 Å². The molecular formula is C31H44FN3O4. The minimum absolute atomic E-state index is 0.0606. The lowest BCUT2D eigenvalue weighted by molar-refractivity contribution is -0.166. The van der Waals surface area contributed by atoms with E-state index in [-0.39, 0.29) is 35.6 Å². The fourth-order valence-electron chi connectivity index (χ4n) is 7.97. The number of halogens is 1. The molecule has 39 heavy (non-hydrogen) atoms. The zero-order valence-corrected chi connectivity index (χ0v) is 23.5. The summed E-state index contributed by atoms with van der Waals surface area (Å²) in [6.45, 7) is 4.19. The Bertz CT molecular complexity index is 1030. The maximum atomic E-state index is 13.9. The fraction of sp³-hybridized carbons (Fsp3) is 0.710. The summed E-state index contributed by atoms with van der Waals surface area (Å²) < 4.78 is 19.1. The van der Waals surface area contributed by atoms with Crippen molar-refractivity contribution in [2.75, 3.05) is 33.3 Å². The van der Waals surface area contributed by atoms with E-state index in [1.54, 1.807) is 12.1 Å². The predicted molar refractivity (Wildman–Crippen MR) is 146 cm³/mol. The largest absolute Gasteiger partial charge is 0.466 e. The van der Waals surface area contributed by atoms with E-state index < -0.39 is 11.5 Å². The van der Waals surface area contributed by atoms with Crippen LogP contribution in [0.3, 0.4) is 0 Å².